The summed E-state index contributed by atoms with van der Waals surface area (Å²) in [5.41, 5.74) is 0.962. The molecule has 1 heterocycles. The Balaban J connectivity index is 2.17. The highest BCUT2D eigenvalue weighted by atomic mass is 35.5. The van der Waals surface area contributed by atoms with Crippen molar-refractivity contribution in [1.82, 2.24) is 4.57 Å². The number of aromatic nitrogens is 1. The molecular formula is C18H13Cl2F2NO2. The Bertz CT molecular complexity index is 969. The van der Waals surface area contributed by atoms with E-state index in [-0.39, 0.29) is 29.7 Å². The van der Waals surface area contributed by atoms with Gasteiger partial charge in [0.2, 0.25) is 0 Å². The molecule has 0 fully saturated rings. The van der Waals surface area contributed by atoms with Gasteiger partial charge in [-0.1, -0.05) is 29.3 Å². The fourth-order valence-corrected chi connectivity index (χ4v) is 3.01. The Morgan fingerprint density at radius 3 is 2.56 bits per heavy atom. The predicted octanol–water partition coefficient (Wildman–Crippen LogP) is 5.45. The maximum absolute atomic E-state index is 14.4. The zero-order valence-electron chi connectivity index (χ0n) is 13.2. The van der Waals surface area contributed by atoms with Gasteiger partial charge in [-0.3, -0.25) is 0 Å². The molecule has 0 spiro atoms. The minimum absolute atomic E-state index is 0.121. The SMILES string of the molecule is CCOC(=O)c1cc2cc(F)cc(F)c2n1Cc1ccc(Cl)c(Cl)c1. The van der Waals surface area contributed by atoms with E-state index in [2.05, 4.69) is 0 Å². The maximum Gasteiger partial charge on any atom is 0.354 e. The van der Waals surface area contributed by atoms with Gasteiger partial charge in [0.15, 0.2) is 0 Å². The Labute approximate surface area is 152 Å². The van der Waals surface area contributed by atoms with Crippen LogP contribution in [0.25, 0.3) is 10.9 Å². The van der Waals surface area contributed by atoms with Crippen molar-refractivity contribution in [3.63, 3.8) is 0 Å². The number of esters is 1. The number of hydrogen-bond donors (Lipinski definition) is 0. The molecule has 130 valence electrons. The highest BCUT2D eigenvalue weighted by Gasteiger charge is 2.20. The molecule has 3 rings (SSSR count). The normalized spacial score (nSPS) is 11.1. The van der Waals surface area contributed by atoms with Crippen LogP contribution in [0.3, 0.4) is 0 Å². The lowest BCUT2D eigenvalue weighted by molar-refractivity contribution is 0.0515. The molecule has 0 atom stereocenters. The monoisotopic (exact) mass is 383 g/mol. The van der Waals surface area contributed by atoms with Gasteiger partial charge >= 0.3 is 5.97 Å². The lowest BCUT2D eigenvalue weighted by Gasteiger charge is -2.11. The van der Waals surface area contributed by atoms with E-state index in [1.54, 1.807) is 25.1 Å². The van der Waals surface area contributed by atoms with Crippen LogP contribution in [0.5, 0.6) is 0 Å². The zero-order valence-corrected chi connectivity index (χ0v) is 14.7. The molecule has 3 nitrogen and oxygen atoms in total. The van der Waals surface area contributed by atoms with Gasteiger partial charge in [0.1, 0.15) is 17.3 Å². The van der Waals surface area contributed by atoms with E-state index in [4.69, 9.17) is 27.9 Å². The summed E-state index contributed by atoms with van der Waals surface area (Å²) in [6.07, 6.45) is 0. The second-order valence-electron chi connectivity index (χ2n) is 5.41. The molecule has 0 bridgehead atoms. The molecule has 0 aliphatic carbocycles. The molecule has 0 aliphatic heterocycles. The molecule has 0 aliphatic rings. The van der Waals surface area contributed by atoms with Crippen molar-refractivity contribution in [3.05, 3.63) is 69.3 Å². The first-order valence-corrected chi connectivity index (χ1v) is 8.25. The molecule has 0 amide bonds. The summed E-state index contributed by atoms with van der Waals surface area (Å²) in [7, 11) is 0. The third-order valence-corrected chi connectivity index (χ3v) is 4.46. The number of fused-ring (bicyclic) bond motifs is 1. The molecule has 0 saturated carbocycles. The molecule has 0 saturated heterocycles. The second-order valence-corrected chi connectivity index (χ2v) is 6.22. The van der Waals surface area contributed by atoms with E-state index in [0.29, 0.717) is 15.6 Å². The summed E-state index contributed by atoms with van der Waals surface area (Å²) in [5.74, 6) is -2.09. The van der Waals surface area contributed by atoms with Gasteiger partial charge in [-0.25, -0.2) is 13.6 Å². The van der Waals surface area contributed by atoms with Gasteiger partial charge in [0.05, 0.1) is 22.2 Å². The quantitative estimate of drug-likeness (QED) is 0.560. The van der Waals surface area contributed by atoms with Crippen LogP contribution in [0.4, 0.5) is 8.78 Å². The van der Waals surface area contributed by atoms with Gasteiger partial charge in [0.25, 0.3) is 0 Å². The van der Waals surface area contributed by atoms with Crippen LogP contribution in [-0.4, -0.2) is 17.1 Å². The van der Waals surface area contributed by atoms with E-state index >= 15 is 0 Å². The first kappa shape index (κ1) is 17.7. The Morgan fingerprint density at radius 2 is 1.88 bits per heavy atom. The van der Waals surface area contributed by atoms with Crippen LogP contribution in [0.2, 0.25) is 10.0 Å². The highest BCUT2D eigenvalue weighted by molar-refractivity contribution is 6.42. The van der Waals surface area contributed by atoms with Crippen molar-refractivity contribution in [2.75, 3.05) is 6.61 Å². The number of ether oxygens (including phenoxy) is 1. The number of halogens is 4. The van der Waals surface area contributed by atoms with E-state index in [1.807, 2.05) is 0 Å². The van der Waals surface area contributed by atoms with Gasteiger partial charge in [-0.2, -0.15) is 0 Å². The zero-order chi connectivity index (χ0) is 18.1. The van der Waals surface area contributed by atoms with Crippen LogP contribution in [0, 0.1) is 11.6 Å². The first-order valence-electron chi connectivity index (χ1n) is 7.50. The lowest BCUT2D eigenvalue weighted by atomic mass is 10.2. The van der Waals surface area contributed by atoms with Crippen LogP contribution in [0.1, 0.15) is 23.0 Å². The number of nitrogens with zero attached hydrogens (tertiary/aromatic N) is 1. The third kappa shape index (κ3) is 3.48. The maximum atomic E-state index is 14.4. The van der Waals surface area contributed by atoms with Crippen molar-refractivity contribution in [1.29, 1.82) is 0 Å². The Morgan fingerprint density at radius 1 is 1.12 bits per heavy atom. The highest BCUT2D eigenvalue weighted by Crippen LogP contribution is 2.28. The molecule has 0 N–H and O–H groups in total. The van der Waals surface area contributed by atoms with E-state index in [9.17, 15) is 13.6 Å². The molecule has 1 aromatic heterocycles. The van der Waals surface area contributed by atoms with Gasteiger partial charge < -0.3 is 9.30 Å². The standard InChI is InChI=1S/C18H13Cl2F2NO2/c1-2-25-18(24)16-7-11-6-12(21)8-15(22)17(11)23(16)9-10-3-4-13(19)14(20)5-10/h3-8H,2,9H2,1H3. The topological polar surface area (TPSA) is 31.2 Å². The third-order valence-electron chi connectivity index (χ3n) is 3.72. The number of rotatable bonds is 4. The number of carbonyl (C=O) groups excluding carboxylic acids is 1. The van der Waals surface area contributed by atoms with Gasteiger partial charge in [-0.05, 0) is 36.8 Å². The largest absolute Gasteiger partial charge is 0.461 e. The molecule has 2 aromatic carbocycles. The van der Waals surface area contributed by atoms with E-state index in [1.165, 1.54) is 16.7 Å². The smallest absolute Gasteiger partial charge is 0.354 e. The van der Waals surface area contributed by atoms with Gasteiger partial charge in [-0.15, -0.1) is 0 Å². The average Bonchev–Trinajstić information content (AvgIpc) is 2.90. The molecule has 0 radical (unpaired) electrons. The van der Waals surface area contributed by atoms with Crippen molar-refractivity contribution >= 4 is 40.1 Å². The molecule has 3 aromatic rings. The molecule has 25 heavy (non-hydrogen) atoms. The summed E-state index contributed by atoms with van der Waals surface area (Å²) in [4.78, 5) is 12.2. The summed E-state index contributed by atoms with van der Waals surface area (Å²) in [5, 5.41) is 1.02. The predicted molar refractivity (Wildman–Crippen MR) is 93.4 cm³/mol. The van der Waals surface area contributed by atoms with Crippen LogP contribution >= 0.6 is 23.2 Å². The van der Waals surface area contributed by atoms with Crippen LogP contribution in [-0.2, 0) is 11.3 Å². The Hall–Kier alpha value is -2.11. The molecule has 7 heteroatoms. The van der Waals surface area contributed by atoms with Crippen molar-refractivity contribution in [3.8, 4) is 0 Å². The minimum Gasteiger partial charge on any atom is -0.461 e. The average molecular weight is 384 g/mol. The fourth-order valence-electron chi connectivity index (χ4n) is 2.69. The summed E-state index contributed by atoms with van der Waals surface area (Å²) >= 11 is 11.9. The van der Waals surface area contributed by atoms with E-state index < -0.39 is 17.6 Å². The second kappa shape index (κ2) is 7.02. The van der Waals surface area contributed by atoms with Crippen molar-refractivity contribution < 1.29 is 18.3 Å². The van der Waals surface area contributed by atoms with E-state index in [0.717, 1.165) is 6.07 Å². The van der Waals surface area contributed by atoms with Gasteiger partial charge in [0, 0.05) is 18.0 Å². The molecular weight excluding hydrogens is 371 g/mol. The van der Waals surface area contributed by atoms with Crippen molar-refractivity contribution in [2.45, 2.75) is 13.5 Å². The summed E-state index contributed by atoms with van der Waals surface area (Å²) in [6.45, 7) is 1.99. The van der Waals surface area contributed by atoms with Crippen LogP contribution < -0.4 is 0 Å². The number of carbonyl (C=O) groups is 1. The molecule has 0 unspecified atom stereocenters. The summed E-state index contributed by atoms with van der Waals surface area (Å²) < 4.78 is 34.3. The fraction of sp³-hybridized carbons (Fsp3) is 0.167. The summed E-state index contributed by atoms with van der Waals surface area (Å²) in [6, 6.07) is 8.33. The van der Waals surface area contributed by atoms with Crippen LogP contribution in [0.15, 0.2) is 36.4 Å². The van der Waals surface area contributed by atoms with Crippen molar-refractivity contribution in [2.24, 2.45) is 0 Å². The number of benzene rings is 2. The lowest BCUT2D eigenvalue weighted by Crippen LogP contribution is -2.13. The first-order chi connectivity index (χ1) is 11.9. The minimum atomic E-state index is -0.759. The number of hydrogen-bond acceptors (Lipinski definition) is 2. The Kier molecular flexibility index (Phi) is 4.97.